The molecule has 4 aliphatic carbocycles. The van der Waals surface area contributed by atoms with E-state index in [-0.39, 0.29) is 36.9 Å². The van der Waals surface area contributed by atoms with Gasteiger partial charge >= 0.3 is 0 Å². The van der Waals surface area contributed by atoms with Crippen molar-refractivity contribution in [3.05, 3.63) is 0 Å². The molecule has 4 aliphatic rings. The topological polar surface area (TPSA) is 94.8 Å². The molecule has 4 saturated carbocycles. The van der Waals surface area contributed by atoms with Crippen LogP contribution in [0, 0.1) is 34.5 Å². The van der Waals surface area contributed by atoms with Crippen molar-refractivity contribution in [2.75, 3.05) is 6.61 Å². The number of aliphatic hydroxyl groups excluding tert-OH is 2. The fraction of sp³-hybridized carbons (Fsp3) is 0.905. The van der Waals surface area contributed by atoms with Gasteiger partial charge in [0.05, 0.1) is 6.10 Å². The van der Waals surface area contributed by atoms with Gasteiger partial charge in [0.15, 0.2) is 5.78 Å². The van der Waals surface area contributed by atoms with Crippen molar-refractivity contribution < 1.29 is 30.4 Å². The van der Waals surface area contributed by atoms with Crippen LogP contribution in [0.5, 0.6) is 0 Å². The maximum Gasteiger partial charge on any atom is 0.190 e. The van der Waals surface area contributed by atoms with Crippen molar-refractivity contribution in [3.63, 3.8) is 0 Å². The first-order valence-electron chi connectivity index (χ1n) is 11.7. The summed E-state index contributed by atoms with van der Waals surface area (Å²) in [6.45, 7) is 2.76. The summed E-state index contributed by atoms with van der Waals surface area (Å²) in [5.41, 5.74) is -3.69. The zero-order valence-corrected chi connectivity index (χ0v) is 15.5. The molecule has 5 nitrogen and oxygen atoms in total. The van der Waals surface area contributed by atoms with Crippen LogP contribution in [-0.4, -0.2) is 45.2 Å². The van der Waals surface area contributed by atoms with E-state index in [2.05, 4.69) is 0 Å². The van der Waals surface area contributed by atoms with Gasteiger partial charge in [0.25, 0.3) is 0 Å². The molecule has 0 radical (unpaired) electrons. The Kier molecular flexibility index (Phi) is 3.21. The van der Waals surface area contributed by atoms with Crippen molar-refractivity contribution in [1.29, 1.82) is 0 Å². The summed E-state index contributed by atoms with van der Waals surface area (Å²) < 4.78 is 33.6. The normalized spacial score (nSPS) is 59.7. The standard InChI is InChI=1S/C21H32O5/c1-19-7-5-13(23)9-12(19)3-4-14-15-6-8-21(26,17(25)11-22)20(15,2)10-16(24)18(14)19/h12-15,18,22-23,26H,3-11H2,1-2H3/t12-,13-,14+,15+,18-,19+,20+,21+/m1/s1/i5D2,9D2. The Morgan fingerprint density at radius 3 is 2.69 bits per heavy atom. The Labute approximate surface area is 160 Å². The largest absolute Gasteiger partial charge is 0.393 e. The molecule has 0 unspecified atom stereocenters. The minimum Gasteiger partial charge on any atom is -0.393 e. The monoisotopic (exact) mass is 368 g/mol. The number of fused-ring (bicyclic) bond motifs is 5. The molecule has 8 atom stereocenters. The predicted molar refractivity (Wildman–Crippen MR) is 95.2 cm³/mol. The maximum absolute atomic E-state index is 13.5. The fourth-order valence-corrected chi connectivity index (χ4v) is 6.97. The predicted octanol–water partition coefficient (Wildman–Crippen LogP) is 1.86. The first-order valence-corrected chi connectivity index (χ1v) is 9.74. The minimum absolute atomic E-state index is 0.0437. The van der Waals surface area contributed by atoms with Gasteiger partial charge in [0.1, 0.15) is 18.0 Å². The third kappa shape index (κ3) is 2.20. The second-order valence-electron chi connectivity index (χ2n) is 9.37. The summed E-state index contributed by atoms with van der Waals surface area (Å²) >= 11 is 0. The number of hydrogen-bond donors (Lipinski definition) is 3. The van der Waals surface area contributed by atoms with E-state index >= 15 is 0 Å². The van der Waals surface area contributed by atoms with E-state index in [4.69, 9.17) is 5.48 Å². The molecule has 5 heteroatoms. The first kappa shape index (κ1) is 14.3. The highest BCUT2D eigenvalue weighted by Crippen LogP contribution is 2.67. The third-order valence-corrected chi connectivity index (χ3v) is 8.35. The van der Waals surface area contributed by atoms with Crippen LogP contribution in [0.2, 0.25) is 0 Å². The molecule has 26 heavy (non-hydrogen) atoms. The molecule has 0 aromatic heterocycles. The molecule has 0 aromatic carbocycles. The van der Waals surface area contributed by atoms with E-state index in [0.717, 1.165) is 0 Å². The van der Waals surface area contributed by atoms with Crippen LogP contribution in [0.15, 0.2) is 0 Å². The van der Waals surface area contributed by atoms with Gasteiger partial charge in [0, 0.05) is 23.2 Å². The number of rotatable bonds is 2. The molecular formula is C21H32O5. The smallest absolute Gasteiger partial charge is 0.190 e. The Hall–Kier alpha value is -0.780. The lowest BCUT2D eigenvalue weighted by Gasteiger charge is -2.60. The molecule has 4 rings (SSSR count). The van der Waals surface area contributed by atoms with E-state index in [1.54, 1.807) is 13.8 Å². The Balaban J connectivity index is 1.77. The number of carbonyl (C=O) groups is 2. The molecule has 4 fully saturated rings. The Bertz CT molecular complexity index is 787. The third-order valence-electron chi connectivity index (χ3n) is 8.35. The molecule has 0 spiro atoms. The zero-order valence-electron chi connectivity index (χ0n) is 19.5. The van der Waals surface area contributed by atoms with Crippen molar-refractivity contribution in [3.8, 4) is 0 Å². The highest BCUT2D eigenvalue weighted by Gasteiger charge is 2.68. The lowest BCUT2D eigenvalue weighted by Crippen LogP contribution is -2.62. The van der Waals surface area contributed by atoms with Crippen LogP contribution < -0.4 is 0 Å². The van der Waals surface area contributed by atoms with E-state index in [1.165, 1.54) is 0 Å². The molecular weight excluding hydrogens is 332 g/mol. The van der Waals surface area contributed by atoms with Crippen molar-refractivity contribution >= 4 is 11.6 Å². The fourth-order valence-electron chi connectivity index (χ4n) is 6.97. The van der Waals surface area contributed by atoms with Gasteiger partial charge < -0.3 is 15.3 Å². The van der Waals surface area contributed by atoms with E-state index in [1.807, 2.05) is 0 Å². The Morgan fingerprint density at radius 1 is 1.27 bits per heavy atom. The summed E-state index contributed by atoms with van der Waals surface area (Å²) in [7, 11) is 0. The summed E-state index contributed by atoms with van der Waals surface area (Å²) in [6.07, 6.45) is -4.51. The average Bonchev–Trinajstić information content (AvgIpc) is 2.90. The van der Waals surface area contributed by atoms with Crippen molar-refractivity contribution in [2.24, 2.45) is 34.5 Å². The minimum atomic E-state index is -2.15. The average molecular weight is 369 g/mol. The number of hydrogen-bond acceptors (Lipinski definition) is 5. The second-order valence-corrected chi connectivity index (χ2v) is 9.37. The van der Waals surface area contributed by atoms with Gasteiger partial charge in [-0.1, -0.05) is 13.8 Å². The van der Waals surface area contributed by atoms with Gasteiger partial charge in [0.2, 0.25) is 0 Å². The van der Waals surface area contributed by atoms with E-state index < -0.39 is 59.5 Å². The van der Waals surface area contributed by atoms with E-state index in [9.17, 15) is 24.9 Å². The van der Waals surface area contributed by atoms with Crippen LogP contribution >= 0.6 is 0 Å². The molecule has 146 valence electrons. The number of ketones is 2. The second kappa shape index (κ2) is 5.86. The SMILES string of the molecule is [2H]C1([2H])C[C@@]2(C)[C@H](CC[C@@H]3[C@@H]2C(=O)C[C@@]2(C)[C@H]3CC[C@]2(O)C(=O)CO)C([2H])([2H])[C@@H]1O. The van der Waals surface area contributed by atoms with Gasteiger partial charge in [-0.05, 0) is 68.0 Å². The van der Waals surface area contributed by atoms with Gasteiger partial charge in [-0.25, -0.2) is 0 Å². The quantitative estimate of drug-likeness (QED) is 0.692. The molecule has 0 aliphatic heterocycles. The molecule has 0 saturated heterocycles. The summed E-state index contributed by atoms with van der Waals surface area (Å²) in [6, 6.07) is 0. The molecule has 0 amide bonds. The number of aliphatic hydroxyl groups is 3. The summed E-state index contributed by atoms with van der Waals surface area (Å²) in [4.78, 5) is 26.0. The maximum atomic E-state index is 13.5. The van der Waals surface area contributed by atoms with Gasteiger partial charge in [-0.2, -0.15) is 0 Å². The zero-order chi connectivity index (χ0) is 22.5. The van der Waals surface area contributed by atoms with Gasteiger partial charge in [-0.3, -0.25) is 9.59 Å². The van der Waals surface area contributed by atoms with E-state index in [0.29, 0.717) is 19.3 Å². The lowest BCUT2D eigenvalue weighted by molar-refractivity contribution is -0.180. The highest BCUT2D eigenvalue weighted by molar-refractivity contribution is 5.92. The number of carbonyl (C=O) groups excluding carboxylic acids is 2. The molecule has 0 heterocycles. The van der Waals surface area contributed by atoms with Crippen LogP contribution in [0.25, 0.3) is 0 Å². The molecule has 3 N–H and O–H groups in total. The molecule has 0 bridgehead atoms. The summed E-state index contributed by atoms with van der Waals surface area (Å²) in [5, 5.41) is 31.0. The van der Waals surface area contributed by atoms with Crippen LogP contribution in [0.1, 0.15) is 70.6 Å². The lowest BCUT2D eigenvalue weighted by atomic mass is 9.44. The van der Waals surface area contributed by atoms with Crippen LogP contribution in [-0.2, 0) is 9.59 Å². The van der Waals surface area contributed by atoms with Crippen LogP contribution in [0.3, 0.4) is 0 Å². The van der Waals surface area contributed by atoms with Gasteiger partial charge in [-0.15, -0.1) is 0 Å². The highest BCUT2D eigenvalue weighted by atomic mass is 16.3. The number of Topliss-reactive ketones (excluding diaryl/α,β-unsaturated/α-hetero) is 2. The summed E-state index contributed by atoms with van der Waals surface area (Å²) in [5.74, 6) is -2.36. The Morgan fingerprint density at radius 2 is 2.00 bits per heavy atom. The molecule has 0 aromatic rings. The van der Waals surface area contributed by atoms with Crippen molar-refractivity contribution in [1.82, 2.24) is 0 Å². The van der Waals surface area contributed by atoms with Crippen molar-refractivity contribution in [2.45, 2.75) is 76.8 Å². The first-order chi connectivity index (χ1) is 13.7. The van der Waals surface area contributed by atoms with Crippen LogP contribution in [0.4, 0.5) is 0 Å².